The van der Waals surface area contributed by atoms with Gasteiger partial charge < -0.3 is 82.7 Å². The number of fused-ring (bicyclic) bond motifs is 2. The van der Waals surface area contributed by atoms with Crippen LogP contribution in [0.2, 0.25) is 20.9 Å². The SMILES string of the molecule is C1CNCCN1.COC(=O)CCCCCCCCCCCCCCCn1c(C)nc2nc(Cl)nc(Cl)c21.Cc1nc2nc(Cl)nc(Cl)c2n1CCCCCCCCCCCCCCCC(=O)N1CCNCC1.[Ca+2].[I-].[I-]. The summed E-state index contributed by atoms with van der Waals surface area (Å²) >= 11 is 24.3. The number of rotatable bonds is 32. The van der Waals surface area contributed by atoms with E-state index >= 15 is 0 Å². The third-order valence-corrected chi connectivity index (χ3v) is 14.5. The van der Waals surface area contributed by atoms with Crippen molar-refractivity contribution in [1.82, 2.24) is 59.9 Å². The molecule has 0 unspecified atom stereocenters. The molecule has 2 saturated heterocycles. The van der Waals surface area contributed by atoms with Crippen molar-refractivity contribution in [1.29, 1.82) is 0 Å². The zero-order chi connectivity index (χ0) is 51.6. The molecule has 15 nitrogen and oxygen atoms in total. The molecule has 6 rings (SSSR count). The van der Waals surface area contributed by atoms with E-state index in [1.807, 2.05) is 18.7 Å². The topological polar surface area (TPSA) is 170 Å². The Morgan fingerprint density at radius 2 is 0.760 bits per heavy atom. The Morgan fingerprint density at radius 1 is 0.453 bits per heavy atom. The molecule has 75 heavy (non-hydrogen) atoms. The maximum absolute atomic E-state index is 12.1. The molecule has 4 aromatic heterocycles. The van der Waals surface area contributed by atoms with Gasteiger partial charge in [-0.15, -0.1) is 0 Å². The minimum absolute atomic E-state index is 0. The molecule has 0 spiro atoms. The van der Waals surface area contributed by atoms with Gasteiger partial charge in [-0.3, -0.25) is 9.59 Å². The number of carbonyl (C=O) groups excluding carboxylic acids is 2. The first-order valence-corrected chi connectivity index (χ1v) is 29.2. The fraction of sp³-hybridized carbons (Fsp3) is 0.774. The number of aromatic nitrogens is 8. The largest absolute Gasteiger partial charge is 2.00 e. The number of amides is 1. The normalized spacial score (nSPS) is 13.2. The van der Waals surface area contributed by atoms with Gasteiger partial charge in [-0.2, -0.15) is 9.97 Å². The van der Waals surface area contributed by atoms with Crippen molar-refractivity contribution < 1.29 is 62.3 Å². The number of nitrogens with zero attached hydrogens (tertiary/aromatic N) is 9. The molecule has 0 aliphatic carbocycles. The Bertz CT molecular complexity index is 2120. The number of hydrogen-bond donors (Lipinski definition) is 3. The maximum Gasteiger partial charge on any atom is 2.00 e. The Kier molecular flexibility index (Phi) is 44.1. The quantitative estimate of drug-likeness (QED) is 0.0126. The van der Waals surface area contributed by atoms with Gasteiger partial charge in [0.15, 0.2) is 21.6 Å². The summed E-state index contributed by atoms with van der Waals surface area (Å²) in [5, 5.41) is 10.8. The standard InChI is InChI=1S/C26H42Cl2N6O.C23H36Cl2N4O2.C4H10N2.Ca.2HI/c1-21-30-25-23(24(27)31-26(28)32-25)34(21)18-14-12-10-8-6-4-2-3-5-7-9-11-13-15-22(35)33-19-16-29-17-20-33;1-18-26-22-20(21(24)27-23(25)28-22)29(18)17-15-13-11-9-7-5-3-4-6-8-10-12-14-16-19(30)31-2;1-2-6-4-3-5-1;;;/h29H,2-20H2,1H3;3-17H2,1-2H3;5-6H,1-4H2;;2*1H/q;;;+2;;/p-2. The summed E-state index contributed by atoms with van der Waals surface area (Å²) in [6, 6.07) is 0. The molecule has 422 valence electrons. The number of ether oxygens (including phenoxy) is 1. The number of esters is 1. The Hall–Kier alpha value is -0.200. The Morgan fingerprint density at radius 3 is 1.09 bits per heavy atom. The van der Waals surface area contributed by atoms with Gasteiger partial charge in [0.1, 0.15) is 22.7 Å². The van der Waals surface area contributed by atoms with E-state index in [-0.39, 0.29) is 102 Å². The first-order chi connectivity index (χ1) is 35.1. The molecule has 2 aliphatic heterocycles. The Labute approximate surface area is 533 Å². The predicted octanol–water partition coefficient (Wildman–Crippen LogP) is 6.22. The van der Waals surface area contributed by atoms with Gasteiger partial charge in [0.2, 0.25) is 16.5 Å². The van der Waals surface area contributed by atoms with Crippen LogP contribution in [0.5, 0.6) is 0 Å². The number of imidazole rings is 2. The fourth-order valence-electron chi connectivity index (χ4n) is 9.45. The van der Waals surface area contributed by atoms with Crippen LogP contribution in [0.1, 0.15) is 191 Å². The molecule has 1 amide bonds. The van der Waals surface area contributed by atoms with E-state index in [4.69, 9.17) is 46.4 Å². The van der Waals surface area contributed by atoms with Gasteiger partial charge in [0.25, 0.3) is 0 Å². The Balaban J connectivity index is 0.000000652. The van der Waals surface area contributed by atoms with Crippen molar-refractivity contribution in [3.05, 3.63) is 32.5 Å². The molecule has 6 heterocycles. The molecule has 4 aromatic rings. The van der Waals surface area contributed by atoms with Crippen LogP contribution in [0.15, 0.2) is 0 Å². The summed E-state index contributed by atoms with van der Waals surface area (Å²) in [5.74, 6) is 2.06. The summed E-state index contributed by atoms with van der Waals surface area (Å²) in [4.78, 5) is 50.6. The zero-order valence-corrected chi connectivity index (χ0v) is 55.1. The number of piperazine rings is 2. The number of hydrogen-bond acceptors (Lipinski definition) is 12. The van der Waals surface area contributed by atoms with E-state index in [1.165, 1.54) is 142 Å². The minimum atomic E-state index is -0.0882. The number of nitrogens with one attached hydrogen (secondary N) is 3. The van der Waals surface area contributed by atoms with Crippen LogP contribution in [0.25, 0.3) is 22.3 Å². The van der Waals surface area contributed by atoms with Crippen LogP contribution in [0.4, 0.5) is 0 Å². The number of aryl methyl sites for hydroxylation is 4. The van der Waals surface area contributed by atoms with Crippen molar-refractivity contribution in [2.24, 2.45) is 0 Å². The van der Waals surface area contributed by atoms with Crippen molar-refractivity contribution in [2.75, 3.05) is 59.5 Å². The van der Waals surface area contributed by atoms with Crippen molar-refractivity contribution >= 4 is 118 Å². The molecule has 0 saturated carbocycles. The molecular formula is C53H88CaCl4I2N12O3. The first-order valence-electron chi connectivity index (χ1n) is 27.7. The molecular weight excluding hydrogens is 1290 g/mol. The molecule has 2 fully saturated rings. The summed E-state index contributed by atoms with van der Waals surface area (Å²) in [7, 11) is 1.45. The average Bonchev–Trinajstić information content (AvgIpc) is 3.88. The second-order valence-corrected chi connectivity index (χ2v) is 20.8. The summed E-state index contributed by atoms with van der Waals surface area (Å²) in [5.41, 5.74) is 2.72. The third kappa shape index (κ3) is 30.4. The molecule has 0 atom stereocenters. The maximum atomic E-state index is 12.1. The van der Waals surface area contributed by atoms with Crippen LogP contribution in [-0.4, -0.2) is 153 Å². The van der Waals surface area contributed by atoms with Gasteiger partial charge >= 0.3 is 43.7 Å². The molecule has 2 aliphatic rings. The van der Waals surface area contributed by atoms with E-state index < -0.39 is 0 Å². The molecule has 0 bridgehead atoms. The van der Waals surface area contributed by atoms with E-state index in [0.29, 0.717) is 33.9 Å². The van der Waals surface area contributed by atoms with E-state index in [0.717, 1.165) is 127 Å². The average molecular weight is 1380 g/mol. The van der Waals surface area contributed by atoms with Gasteiger partial charge in [-0.1, -0.05) is 164 Å². The second kappa shape index (κ2) is 45.4. The van der Waals surface area contributed by atoms with Crippen LogP contribution in [0, 0.1) is 13.8 Å². The molecule has 0 radical (unpaired) electrons. The molecule has 22 heteroatoms. The van der Waals surface area contributed by atoms with Crippen molar-refractivity contribution in [3.63, 3.8) is 0 Å². The summed E-state index contributed by atoms with van der Waals surface area (Å²) in [6.45, 7) is 13.9. The summed E-state index contributed by atoms with van der Waals surface area (Å²) in [6.07, 6.45) is 33.8. The predicted molar refractivity (Wildman–Crippen MR) is 302 cm³/mol. The number of carbonyl (C=O) groups is 2. The number of halogens is 6. The minimum Gasteiger partial charge on any atom is -1.00 e. The number of unbranched alkanes of at least 4 members (excludes halogenated alkanes) is 24. The van der Waals surface area contributed by atoms with Gasteiger partial charge in [0, 0.05) is 78.3 Å². The van der Waals surface area contributed by atoms with E-state index in [9.17, 15) is 9.59 Å². The van der Waals surface area contributed by atoms with Crippen LogP contribution in [0.3, 0.4) is 0 Å². The second-order valence-electron chi connectivity index (χ2n) is 19.4. The monoisotopic (exact) mass is 1370 g/mol. The van der Waals surface area contributed by atoms with Crippen molar-refractivity contribution in [2.45, 2.75) is 207 Å². The smallest absolute Gasteiger partial charge is 1.00 e. The number of methoxy groups -OCH3 is 1. The molecule has 3 N–H and O–H groups in total. The van der Waals surface area contributed by atoms with Crippen LogP contribution < -0.4 is 63.9 Å². The van der Waals surface area contributed by atoms with Gasteiger partial charge in [-0.25, -0.2) is 19.9 Å². The van der Waals surface area contributed by atoms with E-state index in [2.05, 4.69) is 59.7 Å². The van der Waals surface area contributed by atoms with Gasteiger partial charge in [-0.05, 0) is 62.7 Å². The summed E-state index contributed by atoms with van der Waals surface area (Å²) < 4.78 is 8.86. The zero-order valence-electron chi connectivity index (χ0n) is 45.6. The fourth-order valence-corrected chi connectivity index (χ4v) is 10.4. The third-order valence-electron chi connectivity index (χ3n) is 13.6. The molecule has 0 aromatic carbocycles. The van der Waals surface area contributed by atoms with E-state index in [1.54, 1.807) is 0 Å². The van der Waals surface area contributed by atoms with Crippen molar-refractivity contribution in [3.8, 4) is 0 Å². The first kappa shape index (κ1) is 72.8. The van der Waals surface area contributed by atoms with Crippen LogP contribution >= 0.6 is 46.4 Å². The van der Waals surface area contributed by atoms with Crippen LogP contribution in [-0.2, 0) is 27.4 Å². The van der Waals surface area contributed by atoms with Gasteiger partial charge in [0.05, 0.1) is 7.11 Å².